The van der Waals surface area contributed by atoms with E-state index in [1.807, 2.05) is 0 Å². The van der Waals surface area contributed by atoms with Crippen molar-refractivity contribution < 1.29 is 22.0 Å². The van der Waals surface area contributed by atoms with Crippen molar-refractivity contribution >= 4 is 12.6 Å². The first-order valence-corrected chi connectivity index (χ1v) is 4.85. The van der Waals surface area contributed by atoms with E-state index in [4.69, 9.17) is 0 Å². The fraction of sp³-hybridized carbons (Fsp3) is 0.400. The maximum atomic E-state index is 12.3. The third kappa shape index (κ3) is 3.66. The summed E-state index contributed by atoms with van der Waals surface area (Å²) in [5.74, 6) is -9.16. The highest BCUT2D eigenvalue weighted by Gasteiger charge is 2.23. The Kier molecular flexibility index (Phi) is 5.78. The minimum atomic E-state index is -2.18. The second-order valence-corrected chi connectivity index (χ2v) is 4.10. The van der Waals surface area contributed by atoms with Crippen molar-refractivity contribution in [3.8, 4) is 0 Å². The summed E-state index contributed by atoms with van der Waals surface area (Å²) < 4.78 is 61.3. The maximum absolute atomic E-state index is 12.3. The molecule has 0 saturated heterocycles. The van der Waals surface area contributed by atoms with Crippen LogP contribution in [0, 0.1) is 35.0 Å². The Morgan fingerprint density at radius 3 is 1.12 bits per heavy atom. The van der Waals surface area contributed by atoms with Gasteiger partial charge in [-0.3, -0.25) is 0 Å². The molecule has 0 unspecified atom stereocenters. The third-order valence-electron chi connectivity index (χ3n) is 1.19. The van der Waals surface area contributed by atoms with Crippen molar-refractivity contribution in [3.05, 3.63) is 29.1 Å². The SMILES string of the molecule is CC(C)C.Fc1c(F)c(F)c(S)c(F)c1F. The molecule has 0 aliphatic heterocycles. The Hall–Kier alpha value is -0.780. The highest BCUT2D eigenvalue weighted by atomic mass is 32.1. The summed E-state index contributed by atoms with van der Waals surface area (Å²) in [4.78, 5) is -1.17. The lowest BCUT2D eigenvalue weighted by atomic mass is 10.3. The molecule has 0 heterocycles. The molecule has 0 bridgehead atoms. The smallest absolute Gasteiger partial charge is 0.200 e. The molecule has 0 spiro atoms. The molecule has 0 radical (unpaired) electrons. The molecule has 0 atom stereocenters. The number of benzene rings is 1. The Bertz CT molecular complexity index is 268. The van der Waals surface area contributed by atoms with Crippen molar-refractivity contribution in [1.29, 1.82) is 0 Å². The number of hydrogen-bond donors (Lipinski definition) is 1. The van der Waals surface area contributed by atoms with E-state index in [0.29, 0.717) is 0 Å². The monoisotopic (exact) mass is 258 g/mol. The van der Waals surface area contributed by atoms with E-state index in [-0.39, 0.29) is 0 Å². The fourth-order valence-corrected chi connectivity index (χ4v) is 0.790. The lowest BCUT2D eigenvalue weighted by Gasteiger charge is -2.01. The van der Waals surface area contributed by atoms with Crippen molar-refractivity contribution in [1.82, 2.24) is 0 Å². The van der Waals surface area contributed by atoms with Gasteiger partial charge in [-0.25, -0.2) is 22.0 Å². The number of rotatable bonds is 0. The van der Waals surface area contributed by atoms with E-state index < -0.39 is 34.0 Å². The van der Waals surface area contributed by atoms with Gasteiger partial charge in [0.15, 0.2) is 23.3 Å². The molecule has 0 aliphatic rings. The maximum Gasteiger partial charge on any atom is 0.200 e. The van der Waals surface area contributed by atoms with E-state index in [9.17, 15) is 22.0 Å². The van der Waals surface area contributed by atoms with Crippen molar-refractivity contribution in [2.45, 2.75) is 25.7 Å². The third-order valence-corrected chi connectivity index (χ3v) is 1.58. The van der Waals surface area contributed by atoms with E-state index in [1.54, 1.807) is 0 Å². The molecule has 0 nitrogen and oxygen atoms in total. The summed E-state index contributed by atoms with van der Waals surface area (Å²) in [6.07, 6.45) is 0. The fourth-order valence-electron chi connectivity index (χ4n) is 0.593. The van der Waals surface area contributed by atoms with Gasteiger partial charge in [0.05, 0.1) is 4.90 Å². The molecule has 1 aromatic carbocycles. The topological polar surface area (TPSA) is 0 Å². The number of halogens is 5. The highest BCUT2D eigenvalue weighted by Crippen LogP contribution is 2.24. The normalized spacial score (nSPS) is 10.1. The summed E-state index contributed by atoms with van der Waals surface area (Å²) >= 11 is 3.10. The van der Waals surface area contributed by atoms with Crippen LogP contribution in [0.4, 0.5) is 22.0 Å². The number of thiol groups is 1. The molecular weight excluding hydrogens is 247 g/mol. The van der Waals surface area contributed by atoms with Gasteiger partial charge in [0, 0.05) is 0 Å². The van der Waals surface area contributed by atoms with Gasteiger partial charge >= 0.3 is 0 Å². The molecule has 0 fully saturated rings. The highest BCUT2D eigenvalue weighted by molar-refractivity contribution is 7.80. The van der Waals surface area contributed by atoms with Gasteiger partial charge in [-0.1, -0.05) is 20.8 Å². The first-order valence-electron chi connectivity index (χ1n) is 4.40. The van der Waals surface area contributed by atoms with Gasteiger partial charge in [0.1, 0.15) is 0 Å². The Balaban J connectivity index is 0.000000487. The average Bonchev–Trinajstić information content (AvgIpc) is 2.20. The lowest BCUT2D eigenvalue weighted by molar-refractivity contribution is 0.361. The minimum absolute atomic E-state index is 0.833. The summed E-state index contributed by atoms with van der Waals surface area (Å²) in [7, 11) is 0. The standard InChI is InChI=1S/C6HF5S.C4H10/c7-1-2(8)4(10)6(12)5(11)3(1)9;1-4(2)3/h12H;4H,1-3H3. The minimum Gasteiger partial charge on any atom is -0.202 e. The second kappa shape index (κ2) is 6.08. The predicted octanol–water partition coefficient (Wildman–Crippen LogP) is 4.33. The Morgan fingerprint density at radius 2 is 0.875 bits per heavy atom. The molecule has 1 aromatic rings. The van der Waals surface area contributed by atoms with Crippen LogP contribution in [0.5, 0.6) is 0 Å². The van der Waals surface area contributed by atoms with Gasteiger partial charge in [0.25, 0.3) is 0 Å². The zero-order chi connectivity index (χ0) is 13.0. The summed E-state index contributed by atoms with van der Waals surface area (Å²) in [6, 6.07) is 0. The molecular formula is C10H11F5S. The van der Waals surface area contributed by atoms with Crippen LogP contribution in [-0.2, 0) is 0 Å². The van der Waals surface area contributed by atoms with Crippen molar-refractivity contribution in [2.75, 3.05) is 0 Å². The molecule has 0 aromatic heterocycles. The van der Waals surface area contributed by atoms with Crippen molar-refractivity contribution in [2.24, 2.45) is 5.92 Å². The molecule has 6 heteroatoms. The van der Waals surface area contributed by atoms with Crippen LogP contribution in [0.2, 0.25) is 0 Å². The van der Waals surface area contributed by atoms with E-state index in [1.165, 1.54) is 0 Å². The molecule has 0 amide bonds. The van der Waals surface area contributed by atoms with Gasteiger partial charge in [-0.2, -0.15) is 0 Å². The first-order chi connectivity index (χ1) is 7.20. The molecule has 0 saturated carbocycles. The number of hydrogen-bond acceptors (Lipinski definition) is 1. The van der Waals surface area contributed by atoms with Gasteiger partial charge < -0.3 is 0 Å². The van der Waals surface area contributed by atoms with Crippen LogP contribution in [0.3, 0.4) is 0 Å². The first kappa shape index (κ1) is 15.2. The van der Waals surface area contributed by atoms with Crippen LogP contribution in [0.1, 0.15) is 20.8 Å². The zero-order valence-electron chi connectivity index (χ0n) is 8.91. The van der Waals surface area contributed by atoms with Gasteiger partial charge in [-0.15, -0.1) is 12.6 Å². The summed E-state index contributed by atoms with van der Waals surface area (Å²) in [5, 5.41) is 0. The summed E-state index contributed by atoms with van der Waals surface area (Å²) in [6.45, 7) is 6.50. The van der Waals surface area contributed by atoms with E-state index in [0.717, 1.165) is 5.92 Å². The van der Waals surface area contributed by atoms with E-state index in [2.05, 4.69) is 33.4 Å². The molecule has 1 rings (SSSR count). The van der Waals surface area contributed by atoms with Crippen LogP contribution in [0.15, 0.2) is 4.90 Å². The predicted molar refractivity (Wildman–Crippen MR) is 54.0 cm³/mol. The van der Waals surface area contributed by atoms with Crippen LogP contribution >= 0.6 is 12.6 Å². The average molecular weight is 258 g/mol. The Morgan fingerprint density at radius 1 is 0.688 bits per heavy atom. The van der Waals surface area contributed by atoms with Crippen LogP contribution < -0.4 is 0 Å². The van der Waals surface area contributed by atoms with Crippen molar-refractivity contribution in [3.63, 3.8) is 0 Å². The van der Waals surface area contributed by atoms with Gasteiger partial charge in [-0.05, 0) is 5.92 Å². The van der Waals surface area contributed by atoms with E-state index >= 15 is 0 Å². The molecule has 92 valence electrons. The zero-order valence-corrected chi connectivity index (χ0v) is 9.81. The largest absolute Gasteiger partial charge is 0.202 e. The molecule has 0 aliphatic carbocycles. The molecule has 0 N–H and O–H groups in total. The molecule has 16 heavy (non-hydrogen) atoms. The lowest BCUT2D eigenvalue weighted by Crippen LogP contribution is -2.01. The quantitative estimate of drug-likeness (QED) is 0.304. The van der Waals surface area contributed by atoms with Crippen LogP contribution in [-0.4, -0.2) is 0 Å². The van der Waals surface area contributed by atoms with Gasteiger partial charge in [0.2, 0.25) is 5.82 Å². The van der Waals surface area contributed by atoms with Crippen LogP contribution in [0.25, 0.3) is 0 Å². The summed E-state index contributed by atoms with van der Waals surface area (Å²) in [5.41, 5.74) is 0. The Labute approximate surface area is 95.9 Å². The second-order valence-electron chi connectivity index (χ2n) is 3.65.